The zero-order chi connectivity index (χ0) is 14.1. The first-order valence-corrected chi connectivity index (χ1v) is 7.60. The van der Waals surface area contributed by atoms with Crippen molar-refractivity contribution < 1.29 is 4.79 Å². The molecule has 1 saturated heterocycles. The summed E-state index contributed by atoms with van der Waals surface area (Å²) in [6, 6.07) is 6.25. The van der Waals surface area contributed by atoms with E-state index in [0.29, 0.717) is 12.0 Å². The van der Waals surface area contributed by atoms with Crippen molar-refractivity contribution in [1.82, 2.24) is 4.90 Å². The Hall–Kier alpha value is -1.71. The highest BCUT2D eigenvalue weighted by atomic mass is 16.2. The van der Waals surface area contributed by atoms with E-state index in [0.717, 1.165) is 43.0 Å². The molecule has 0 spiro atoms. The first kappa shape index (κ1) is 13.3. The number of piperidine rings is 1. The van der Waals surface area contributed by atoms with Crippen LogP contribution in [0.2, 0.25) is 0 Å². The molecule has 2 heterocycles. The molecule has 1 fully saturated rings. The Balaban J connectivity index is 1.91. The van der Waals surface area contributed by atoms with Crippen molar-refractivity contribution in [2.75, 3.05) is 30.3 Å². The molecule has 0 bridgehead atoms. The molecule has 3 rings (SSSR count). The molecule has 1 aromatic rings. The van der Waals surface area contributed by atoms with Crippen molar-refractivity contribution in [3.05, 3.63) is 23.8 Å². The summed E-state index contributed by atoms with van der Waals surface area (Å²) in [6.07, 6.45) is 2.33. The molecule has 0 aliphatic carbocycles. The Bertz CT molecular complexity index is 514. The Labute approximate surface area is 120 Å². The third-order valence-corrected chi connectivity index (χ3v) is 4.67. The van der Waals surface area contributed by atoms with E-state index in [1.807, 2.05) is 23.1 Å². The van der Waals surface area contributed by atoms with Crippen LogP contribution in [0.1, 0.15) is 37.0 Å². The lowest BCUT2D eigenvalue weighted by Crippen LogP contribution is -2.46. The molecular weight excluding hydrogens is 250 g/mol. The molecule has 20 heavy (non-hydrogen) atoms. The van der Waals surface area contributed by atoms with Crippen molar-refractivity contribution in [3.8, 4) is 0 Å². The van der Waals surface area contributed by atoms with Crippen LogP contribution in [-0.4, -0.2) is 36.5 Å². The summed E-state index contributed by atoms with van der Waals surface area (Å²) in [5.41, 5.74) is 2.81. The summed E-state index contributed by atoms with van der Waals surface area (Å²) in [6.45, 7) is 7.06. The monoisotopic (exact) mass is 273 g/mol. The molecule has 2 aliphatic rings. The second kappa shape index (κ2) is 5.35. The van der Waals surface area contributed by atoms with Crippen LogP contribution in [0.3, 0.4) is 0 Å². The zero-order valence-electron chi connectivity index (χ0n) is 12.3. The smallest absolute Gasteiger partial charge is 0.256 e. The van der Waals surface area contributed by atoms with Gasteiger partial charge in [0.1, 0.15) is 0 Å². The van der Waals surface area contributed by atoms with Gasteiger partial charge in [0.05, 0.1) is 16.9 Å². The molecule has 2 N–H and O–H groups in total. The molecule has 2 aliphatic heterocycles. The second-order valence-corrected chi connectivity index (χ2v) is 5.94. The first-order valence-electron chi connectivity index (χ1n) is 7.60. The van der Waals surface area contributed by atoms with Crippen LogP contribution in [0, 0.1) is 5.92 Å². The number of amides is 1. The highest BCUT2D eigenvalue weighted by Crippen LogP contribution is 2.31. The third-order valence-electron chi connectivity index (χ3n) is 4.67. The highest BCUT2D eigenvalue weighted by molar-refractivity contribution is 6.03. The lowest BCUT2D eigenvalue weighted by atomic mass is 9.91. The number of benzene rings is 1. The van der Waals surface area contributed by atoms with Gasteiger partial charge >= 0.3 is 0 Å². The molecule has 1 aromatic carbocycles. The Morgan fingerprint density at radius 1 is 1.25 bits per heavy atom. The van der Waals surface area contributed by atoms with E-state index in [1.165, 1.54) is 6.42 Å². The lowest BCUT2D eigenvalue weighted by molar-refractivity contribution is 0.0552. The number of hydrogen-bond acceptors (Lipinski definition) is 3. The topological polar surface area (TPSA) is 44.4 Å². The summed E-state index contributed by atoms with van der Waals surface area (Å²) in [5.74, 6) is 0.746. The Morgan fingerprint density at radius 2 is 2.05 bits per heavy atom. The summed E-state index contributed by atoms with van der Waals surface area (Å²) in [7, 11) is 0. The minimum atomic E-state index is 0.164. The third kappa shape index (κ3) is 2.23. The van der Waals surface area contributed by atoms with E-state index in [9.17, 15) is 4.79 Å². The predicted molar refractivity (Wildman–Crippen MR) is 82.3 cm³/mol. The van der Waals surface area contributed by atoms with E-state index < -0.39 is 0 Å². The number of nitrogens with one attached hydrogen (secondary N) is 2. The fraction of sp³-hybridized carbons (Fsp3) is 0.562. The summed E-state index contributed by atoms with van der Waals surface area (Å²) in [4.78, 5) is 14.9. The number of likely N-dealkylation sites (tertiary alicyclic amines) is 1. The van der Waals surface area contributed by atoms with Gasteiger partial charge < -0.3 is 15.5 Å². The van der Waals surface area contributed by atoms with Gasteiger partial charge in [-0.25, -0.2) is 0 Å². The molecule has 108 valence electrons. The molecule has 0 aromatic heterocycles. The molecule has 1 amide bonds. The highest BCUT2D eigenvalue weighted by Gasteiger charge is 2.30. The van der Waals surface area contributed by atoms with Crippen LogP contribution < -0.4 is 10.6 Å². The van der Waals surface area contributed by atoms with E-state index in [1.54, 1.807) is 0 Å². The van der Waals surface area contributed by atoms with Crippen LogP contribution in [-0.2, 0) is 0 Å². The number of para-hydroxylation sites is 1. The predicted octanol–water partition coefficient (Wildman–Crippen LogP) is 2.78. The Morgan fingerprint density at radius 3 is 2.90 bits per heavy atom. The lowest BCUT2D eigenvalue weighted by Gasteiger charge is -2.38. The molecule has 2 unspecified atom stereocenters. The molecule has 0 radical (unpaired) electrons. The van der Waals surface area contributed by atoms with Gasteiger partial charge in [0.25, 0.3) is 5.91 Å². The number of anilines is 2. The van der Waals surface area contributed by atoms with Crippen molar-refractivity contribution in [2.24, 2.45) is 5.92 Å². The second-order valence-electron chi connectivity index (χ2n) is 5.94. The fourth-order valence-electron chi connectivity index (χ4n) is 3.23. The van der Waals surface area contributed by atoms with Gasteiger partial charge in [0, 0.05) is 25.7 Å². The summed E-state index contributed by atoms with van der Waals surface area (Å²) >= 11 is 0. The van der Waals surface area contributed by atoms with E-state index in [4.69, 9.17) is 0 Å². The van der Waals surface area contributed by atoms with Gasteiger partial charge in [0.15, 0.2) is 0 Å². The maximum Gasteiger partial charge on any atom is 0.256 e. The minimum Gasteiger partial charge on any atom is -0.382 e. The van der Waals surface area contributed by atoms with Crippen molar-refractivity contribution >= 4 is 17.3 Å². The molecule has 4 heteroatoms. The number of nitrogens with zero attached hydrogens (tertiary/aromatic N) is 1. The van der Waals surface area contributed by atoms with Crippen molar-refractivity contribution in [3.63, 3.8) is 0 Å². The largest absolute Gasteiger partial charge is 0.382 e. The summed E-state index contributed by atoms with van der Waals surface area (Å²) < 4.78 is 0. The molecule has 4 nitrogen and oxygen atoms in total. The Kier molecular flexibility index (Phi) is 3.55. The quantitative estimate of drug-likeness (QED) is 0.827. The standard InChI is InChI=1S/C16H23N3O/c1-11-5-4-10-19(12(11)2)16(20)13-6-3-7-14-15(13)18-9-8-17-14/h3,6-7,11-12,17-18H,4-5,8-10H2,1-2H3. The maximum absolute atomic E-state index is 12.9. The SMILES string of the molecule is CC1CCCN(C(=O)c2cccc3c2NCCN3)C1C. The fourth-order valence-corrected chi connectivity index (χ4v) is 3.23. The zero-order valence-corrected chi connectivity index (χ0v) is 12.3. The number of carbonyl (C=O) groups excluding carboxylic acids is 1. The number of rotatable bonds is 1. The van der Waals surface area contributed by atoms with Crippen LogP contribution in [0.25, 0.3) is 0 Å². The molecular formula is C16H23N3O. The number of hydrogen-bond donors (Lipinski definition) is 2. The van der Waals surface area contributed by atoms with Gasteiger partial charge in [0.2, 0.25) is 0 Å². The molecule has 0 saturated carbocycles. The van der Waals surface area contributed by atoms with Gasteiger partial charge in [-0.3, -0.25) is 4.79 Å². The average Bonchev–Trinajstić information content (AvgIpc) is 2.49. The van der Waals surface area contributed by atoms with Crippen LogP contribution in [0.15, 0.2) is 18.2 Å². The van der Waals surface area contributed by atoms with Gasteiger partial charge in [-0.05, 0) is 37.8 Å². The van der Waals surface area contributed by atoms with Crippen LogP contribution in [0.4, 0.5) is 11.4 Å². The maximum atomic E-state index is 12.9. The first-order chi connectivity index (χ1) is 9.68. The van der Waals surface area contributed by atoms with Crippen molar-refractivity contribution in [2.45, 2.75) is 32.7 Å². The van der Waals surface area contributed by atoms with E-state index >= 15 is 0 Å². The van der Waals surface area contributed by atoms with E-state index in [-0.39, 0.29) is 5.91 Å². The van der Waals surface area contributed by atoms with Gasteiger partial charge in [-0.2, -0.15) is 0 Å². The normalized spacial score (nSPS) is 25.4. The number of fused-ring (bicyclic) bond motifs is 1. The molecule has 2 atom stereocenters. The average molecular weight is 273 g/mol. The van der Waals surface area contributed by atoms with Crippen LogP contribution in [0.5, 0.6) is 0 Å². The van der Waals surface area contributed by atoms with Crippen molar-refractivity contribution in [1.29, 1.82) is 0 Å². The number of carbonyl (C=O) groups is 1. The van der Waals surface area contributed by atoms with Gasteiger partial charge in [-0.15, -0.1) is 0 Å². The van der Waals surface area contributed by atoms with Gasteiger partial charge in [-0.1, -0.05) is 13.0 Å². The van der Waals surface area contributed by atoms with Crippen LogP contribution >= 0.6 is 0 Å². The summed E-state index contributed by atoms with van der Waals surface area (Å²) in [5, 5.41) is 6.71. The minimum absolute atomic E-state index is 0.164. The van der Waals surface area contributed by atoms with E-state index in [2.05, 4.69) is 24.5 Å².